The van der Waals surface area contributed by atoms with Crippen LogP contribution in [0.1, 0.15) is 12.8 Å². The number of sulfonamides is 1. The first-order chi connectivity index (χ1) is 9.13. The summed E-state index contributed by atoms with van der Waals surface area (Å²) < 4.78 is 32.0. The summed E-state index contributed by atoms with van der Waals surface area (Å²) in [5, 5.41) is 0. The molecule has 1 unspecified atom stereocenters. The summed E-state index contributed by atoms with van der Waals surface area (Å²) in [4.78, 5) is 3.87. The standard InChI is InChI=1S/C11H18N4O3S/c12-15-10-2-4-13-7-11(10)19(16,17)14-5-1-9-3-6-18-8-9/h2,4,7,9,14H,1,3,5-6,8,12H2,(H,13,15). The van der Waals surface area contributed by atoms with E-state index in [1.807, 2.05) is 0 Å². The highest BCUT2D eigenvalue weighted by Crippen LogP contribution is 2.19. The van der Waals surface area contributed by atoms with Crippen molar-refractivity contribution in [1.82, 2.24) is 9.71 Å². The van der Waals surface area contributed by atoms with E-state index in [1.165, 1.54) is 18.5 Å². The van der Waals surface area contributed by atoms with Crippen molar-refractivity contribution in [3.63, 3.8) is 0 Å². The third kappa shape index (κ3) is 3.63. The minimum Gasteiger partial charge on any atom is -0.381 e. The second-order valence-electron chi connectivity index (χ2n) is 4.43. The van der Waals surface area contributed by atoms with Gasteiger partial charge in [0.15, 0.2) is 0 Å². The molecule has 1 aromatic heterocycles. The van der Waals surface area contributed by atoms with Crippen LogP contribution < -0.4 is 16.0 Å². The summed E-state index contributed by atoms with van der Waals surface area (Å²) in [6, 6.07) is 1.51. The molecule has 2 heterocycles. The molecule has 19 heavy (non-hydrogen) atoms. The number of pyridine rings is 1. The van der Waals surface area contributed by atoms with Crippen LogP contribution in [0.5, 0.6) is 0 Å². The van der Waals surface area contributed by atoms with Crippen LogP contribution >= 0.6 is 0 Å². The Morgan fingerprint density at radius 3 is 3.05 bits per heavy atom. The molecule has 0 spiro atoms. The molecule has 1 saturated heterocycles. The van der Waals surface area contributed by atoms with Crippen molar-refractivity contribution in [2.24, 2.45) is 11.8 Å². The van der Waals surface area contributed by atoms with Gasteiger partial charge in [0.1, 0.15) is 4.90 Å². The molecule has 0 radical (unpaired) electrons. The van der Waals surface area contributed by atoms with Gasteiger partial charge in [-0.05, 0) is 24.8 Å². The minimum absolute atomic E-state index is 0.0557. The number of ether oxygens (including phenoxy) is 1. The topological polar surface area (TPSA) is 106 Å². The average Bonchev–Trinajstić information content (AvgIpc) is 2.91. The molecule has 0 aromatic carbocycles. The van der Waals surface area contributed by atoms with Gasteiger partial charge < -0.3 is 10.2 Å². The zero-order valence-corrected chi connectivity index (χ0v) is 11.3. The van der Waals surface area contributed by atoms with Gasteiger partial charge in [0.05, 0.1) is 5.69 Å². The number of nitrogen functional groups attached to an aromatic ring is 1. The van der Waals surface area contributed by atoms with E-state index >= 15 is 0 Å². The van der Waals surface area contributed by atoms with Crippen LogP contribution in [0.3, 0.4) is 0 Å². The van der Waals surface area contributed by atoms with E-state index in [0.29, 0.717) is 24.8 Å². The summed E-state index contributed by atoms with van der Waals surface area (Å²) in [5.74, 6) is 5.72. The maximum Gasteiger partial charge on any atom is 0.244 e. The zero-order valence-electron chi connectivity index (χ0n) is 10.5. The Hall–Kier alpha value is -1.22. The number of hydrogen-bond donors (Lipinski definition) is 3. The van der Waals surface area contributed by atoms with E-state index in [0.717, 1.165) is 19.4 Å². The predicted octanol–water partition coefficient (Wildman–Crippen LogP) is 0.0721. The van der Waals surface area contributed by atoms with Crippen molar-refractivity contribution in [2.45, 2.75) is 17.7 Å². The number of nitrogens with zero attached hydrogens (tertiary/aromatic N) is 1. The van der Waals surface area contributed by atoms with Gasteiger partial charge in [-0.25, -0.2) is 13.1 Å². The van der Waals surface area contributed by atoms with Crippen LogP contribution in [-0.4, -0.2) is 33.2 Å². The Balaban J connectivity index is 1.97. The molecule has 7 nitrogen and oxygen atoms in total. The highest BCUT2D eigenvalue weighted by atomic mass is 32.2. The lowest BCUT2D eigenvalue weighted by Crippen LogP contribution is -2.27. The third-order valence-corrected chi connectivity index (χ3v) is 4.59. The molecule has 2 rings (SSSR count). The van der Waals surface area contributed by atoms with E-state index in [1.54, 1.807) is 0 Å². The smallest absolute Gasteiger partial charge is 0.244 e. The lowest BCUT2D eigenvalue weighted by atomic mass is 10.1. The Labute approximate surface area is 112 Å². The summed E-state index contributed by atoms with van der Waals surface area (Å²) in [6.45, 7) is 1.86. The van der Waals surface area contributed by atoms with E-state index in [4.69, 9.17) is 10.6 Å². The van der Waals surface area contributed by atoms with Gasteiger partial charge in [-0.1, -0.05) is 0 Å². The lowest BCUT2D eigenvalue weighted by molar-refractivity contribution is 0.184. The van der Waals surface area contributed by atoms with Gasteiger partial charge in [-0.15, -0.1) is 0 Å². The fourth-order valence-corrected chi connectivity index (χ4v) is 3.16. The molecule has 1 fully saturated rings. The summed E-state index contributed by atoms with van der Waals surface area (Å²) in [7, 11) is -3.59. The highest BCUT2D eigenvalue weighted by Gasteiger charge is 2.20. The number of nitrogens with two attached hydrogens (primary N) is 1. The van der Waals surface area contributed by atoms with Crippen molar-refractivity contribution in [1.29, 1.82) is 0 Å². The van der Waals surface area contributed by atoms with Crippen LogP contribution in [0.4, 0.5) is 5.69 Å². The van der Waals surface area contributed by atoms with Crippen LogP contribution in [0.2, 0.25) is 0 Å². The van der Waals surface area contributed by atoms with Gasteiger partial charge in [-0.2, -0.15) is 0 Å². The monoisotopic (exact) mass is 286 g/mol. The fraction of sp³-hybridized carbons (Fsp3) is 0.545. The van der Waals surface area contributed by atoms with Crippen molar-refractivity contribution < 1.29 is 13.2 Å². The van der Waals surface area contributed by atoms with E-state index < -0.39 is 10.0 Å². The minimum atomic E-state index is -3.59. The Morgan fingerprint density at radius 1 is 1.53 bits per heavy atom. The maximum absolute atomic E-state index is 12.1. The number of hydrogen-bond acceptors (Lipinski definition) is 6. The molecule has 1 aromatic rings. The number of aromatic nitrogens is 1. The van der Waals surface area contributed by atoms with E-state index in [9.17, 15) is 8.42 Å². The van der Waals surface area contributed by atoms with E-state index in [2.05, 4.69) is 15.1 Å². The number of nitrogens with one attached hydrogen (secondary N) is 2. The van der Waals surface area contributed by atoms with Crippen molar-refractivity contribution in [3.8, 4) is 0 Å². The Kier molecular flexibility index (Phi) is 4.70. The first-order valence-electron chi connectivity index (χ1n) is 6.11. The molecule has 1 aliphatic rings. The van der Waals surface area contributed by atoms with Crippen LogP contribution in [-0.2, 0) is 14.8 Å². The van der Waals surface area contributed by atoms with Crippen molar-refractivity contribution >= 4 is 15.7 Å². The first kappa shape index (κ1) is 14.2. The zero-order chi connectivity index (χ0) is 13.7. The van der Waals surface area contributed by atoms with Crippen molar-refractivity contribution in [3.05, 3.63) is 18.5 Å². The summed E-state index contributed by atoms with van der Waals surface area (Å²) in [5.41, 5.74) is 2.68. The molecular weight excluding hydrogens is 268 g/mol. The van der Waals surface area contributed by atoms with Gasteiger partial charge in [0, 0.05) is 32.2 Å². The lowest BCUT2D eigenvalue weighted by Gasteiger charge is -2.11. The van der Waals surface area contributed by atoms with Gasteiger partial charge in [0.25, 0.3) is 0 Å². The molecule has 0 bridgehead atoms. The quantitative estimate of drug-likeness (QED) is 0.505. The Morgan fingerprint density at radius 2 is 2.37 bits per heavy atom. The second-order valence-corrected chi connectivity index (χ2v) is 6.17. The van der Waals surface area contributed by atoms with E-state index in [-0.39, 0.29) is 4.90 Å². The van der Waals surface area contributed by atoms with Crippen molar-refractivity contribution in [2.75, 3.05) is 25.2 Å². The van der Waals surface area contributed by atoms with Gasteiger partial charge in [0.2, 0.25) is 10.0 Å². The molecule has 0 amide bonds. The average molecular weight is 286 g/mol. The van der Waals surface area contributed by atoms with Crippen LogP contribution in [0, 0.1) is 5.92 Å². The van der Waals surface area contributed by atoms with Crippen LogP contribution in [0.25, 0.3) is 0 Å². The number of rotatable bonds is 6. The SMILES string of the molecule is NNc1ccncc1S(=O)(=O)NCCC1CCOC1. The largest absolute Gasteiger partial charge is 0.381 e. The van der Waals surface area contributed by atoms with Gasteiger partial charge >= 0.3 is 0 Å². The second kappa shape index (κ2) is 6.29. The molecule has 1 atom stereocenters. The third-order valence-electron chi connectivity index (χ3n) is 3.10. The van der Waals surface area contributed by atoms with Gasteiger partial charge in [-0.3, -0.25) is 10.8 Å². The summed E-state index contributed by atoms with van der Waals surface area (Å²) in [6.07, 6.45) is 4.51. The molecule has 106 valence electrons. The molecule has 1 aliphatic heterocycles. The number of anilines is 1. The maximum atomic E-state index is 12.1. The summed E-state index contributed by atoms with van der Waals surface area (Å²) >= 11 is 0. The Bertz CT molecular complexity index is 514. The number of hydrazine groups is 1. The van der Waals surface area contributed by atoms with Crippen LogP contribution in [0.15, 0.2) is 23.4 Å². The molecule has 8 heteroatoms. The highest BCUT2D eigenvalue weighted by molar-refractivity contribution is 7.89. The molecule has 4 N–H and O–H groups in total. The molecular formula is C11H18N4O3S. The molecule has 0 saturated carbocycles. The molecule has 0 aliphatic carbocycles. The normalized spacial score (nSPS) is 19.5. The predicted molar refractivity (Wildman–Crippen MR) is 70.8 cm³/mol. The first-order valence-corrected chi connectivity index (χ1v) is 7.60. The fourth-order valence-electron chi connectivity index (χ4n) is 2.00.